The van der Waals surface area contributed by atoms with E-state index in [4.69, 9.17) is 21.0 Å². The third-order valence-electron chi connectivity index (χ3n) is 7.51. The number of aromatic nitrogens is 2. The summed E-state index contributed by atoms with van der Waals surface area (Å²) in [5, 5.41) is 2.53. The summed E-state index contributed by atoms with van der Waals surface area (Å²) in [6.07, 6.45) is 2.98. The van der Waals surface area contributed by atoms with Crippen LogP contribution in [0.1, 0.15) is 78.4 Å². The van der Waals surface area contributed by atoms with Gasteiger partial charge in [-0.05, 0) is 67.9 Å². The maximum atomic E-state index is 12.7. The SMILES string of the molecule is CCCCc1nc(Cl)c(CO[Si](C)(C)C(C)(C)C)n1Cc1ccc(-c2sccc2NS(=O)(=O)C(C)(C)C)cc1. The van der Waals surface area contributed by atoms with Crippen molar-refractivity contribution in [3.05, 3.63) is 57.9 Å². The Bertz CT molecular complexity index is 1370. The maximum Gasteiger partial charge on any atom is 0.237 e. The number of hydrogen-bond donors (Lipinski definition) is 1. The molecule has 3 aromatic rings. The highest BCUT2D eigenvalue weighted by Crippen LogP contribution is 2.38. The lowest BCUT2D eigenvalue weighted by Gasteiger charge is -2.36. The Hall–Kier alpha value is -1.65. The molecule has 0 saturated heterocycles. The van der Waals surface area contributed by atoms with Gasteiger partial charge in [0.05, 0.1) is 27.6 Å². The fourth-order valence-electron chi connectivity index (χ4n) is 3.68. The van der Waals surface area contributed by atoms with Crippen LogP contribution in [0.5, 0.6) is 0 Å². The highest BCUT2D eigenvalue weighted by Gasteiger charge is 2.37. The Balaban J connectivity index is 1.88. The van der Waals surface area contributed by atoms with Crippen molar-refractivity contribution in [2.24, 2.45) is 0 Å². The van der Waals surface area contributed by atoms with Gasteiger partial charge >= 0.3 is 0 Å². The molecule has 0 spiro atoms. The van der Waals surface area contributed by atoms with Crippen molar-refractivity contribution in [3.8, 4) is 10.4 Å². The minimum absolute atomic E-state index is 0.104. The number of benzene rings is 1. The monoisotopic (exact) mass is 609 g/mol. The van der Waals surface area contributed by atoms with Gasteiger partial charge in [-0.2, -0.15) is 0 Å². The largest absolute Gasteiger partial charge is 0.411 e. The summed E-state index contributed by atoms with van der Waals surface area (Å²) in [4.78, 5) is 5.63. The number of hydrogen-bond acceptors (Lipinski definition) is 5. The number of aryl methyl sites for hydroxylation is 1. The summed E-state index contributed by atoms with van der Waals surface area (Å²) in [7, 11) is -5.48. The molecule has 1 aromatic carbocycles. The normalized spacial score (nSPS) is 13.2. The van der Waals surface area contributed by atoms with Crippen LogP contribution in [0.4, 0.5) is 5.69 Å². The van der Waals surface area contributed by atoms with E-state index in [2.05, 4.69) is 62.2 Å². The first-order valence-electron chi connectivity index (χ1n) is 13.5. The second kappa shape index (κ2) is 12.1. The van der Waals surface area contributed by atoms with E-state index in [0.29, 0.717) is 24.0 Å². The summed E-state index contributed by atoms with van der Waals surface area (Å²) >= 11 is 8.20. The third kappa shape index (κ3) is 7.55. The van der Waals surface area contributed by atoms with Crippen LogP contribution in [0.15, 0.2) is 35.7 Å². The van der Waals surface area contributed by atoms with Crippen LogP contribution in [0, 0.1) is 0 Å². The number of sulfonamides is 1. The average molecular weight is 610 g/mol. The fraction of sp³-hybridized carbons (Fsp3) is 0.552. The van der Waals surface area contributed by atoms with Crippen LogP contribution in [0.2, 0.25) is 23.3 Å². The first kappa shape index (κ1) is 31.9. The second-order valence-corrected chi connectivity index (χ2v) is 21.1. The van der Waals surface area contributed by atoms with E-state index in [1.807, 2.05) is 23.6 Å². The molecule has 39 heavy (non-hydrogen) atoms. The number of rotatable bonds is 11. The predicted octanol–water partition coefficient (Wildman–Crippen LogP) is 8.72. The van der Waals surface area contributed by atoms with Gasteiger partial charge in [-0.3, -0.25) is 4.72 Å². The Morgan fingerprint density at radius 3 is 2.28 bits per heavy atom. The number of imidazole rings is 1. The molecule has 0 amide bonds. The number of nitrogens with one attached hydrogen (secondary N) is 1. The zero-order valence-electron chi connectivity index (χ0n) is 24.8. The molecule has 0 aliphatic rings. The Morgan fingerprint density at radius 2 is 1.72 bits per heavy atom. The molecule has 0 aliphatic heterocycles. The lowest BCUT2D eigenvalue weighted by Crippen LogP contribution is -2.40. The van der Waals surface area contributed by atoms with Gasteiger partial charge in [-0.1, -0.05) is 70.0 Å². The molecule has 2 aromatic heterocycles. The van der Waals surface area contributed by atoms with E-state index in [-0.39, 0.29) is 5.04 Å². The van der Waals surface area contributed by atoms with Crippen LogP contribution in [0.3, 0.4) is 0 Å². The molecule has 1 N–H and O–H groups in total. The third-order valence-corrected chi connectivity index (χ3v) is 15.4. The minimum atomic E-state index is -3.52. The molecule has 3 rings (SSSR count). The number of nitrogens with zero attached hydrogens (tertiary/aromatic N) is 2. The average Bonchev–Trinajstić information content (AvgIpc) is 3.39. The molecular weight excluding hydrogens is 566 g/mol. The van der Waals surface area contributed by atoms with Gasteiger partial charge in [0.15, 0.2) is 13.5 Å². The van der Waals surface area contributed by atoms with Crippen molar-refractivity contribution < 1.29 is 12.8 Å². The standard InChI is InChI=1S/C29H44ClN3O3S2Si/c1-10-11-12-25-31-27(30)24(20-36-39(8,9)29(5,6)7)33(25)19-21-13-15-22(16-14-21)26-23(17-18-37-26)32-38(34,35)28(2,3)4/h13-18,32H,10-12,19-20H2,1-9H3. The lowest BCUT2D eigenvalue weighted by molar-refractivity contribution is 0.267. The summed E-state index contributed by atoms with van der Waals surface area (Å²) in [5.41, 5.74) is 3.62. The molecule has 0 atom stereocenters. The van der Waals surface area contributed by atoms with E-state index in [9.17, 15) is 8.42 Å². The lowest BCUT2D eigenvalue weighted by atomic mass is 10.1. The number of halogens is 1. The fourth-order valence-corrected chi connectivity index (χ4v) is 6.55. The van der Waals surface area contributed by atoms with Gasteiger partial charge in [0, 0.05) is 13.0 Å². The maximum absolute atomic E-state index is 12.7. The van der Waals surface area contributed by atoms with Gasteiger partial charge in [0.25, 0.3) is 0 Å². The van der Waals surface area contributed by atoms with Crippen molar-refractivity contribution in [1.29, 1.82) is 0 Å². The van der Waals surface area contributed by atoms with Crippen molar-refractivity contribution in [3.63, 3.8) is 0 Å². The van der Waals surface area contributed by atoms with Crippen molar-refractivity contribution >= 4 is 47.0 Å². The zero-order valence-corrected chi connectivity index (χ0v) is 28.2. The summed E-state index contributed by atoms with van der Waals surface area (Å²) in [5.74, 6) is 0.983. The van der Waals surface area contributed by atoms with E-state index >= 15 is 0 Å². The Morgan fingerprint density at radius 1 is 1.08 bits per heavy atom. The predicted molar refractivity (Wildman–Crippen MR) is 169 cm³/mol. The van der Waals surface area contributed by atoms with Gasteiger partial charge in [-0.25, -0.2) is 13.4 Å². The van der Waals surface area contributed by atoms with E-state index in [1.54, 1.807) is 20.8 Å². The molecule has 0 saturated carbocycles. The Kier molecular flexibility index (Phi) is 9.86. The molecule has 0 bridgehead atoms. The number of unbranched alkanes of at least 4 members (excludes halogenated alkanes) is 1. The van der Waals surface area contributed by atoms with Gasteiger partial charge in [0.2, 0.25) is 10.0 Å². The summed E-state index contributed by atoms with van der Waals surface area (Å²) in [6, 6.07) is 10.1. The van der Waals surface area contributed by atoms with E-state index < -0.39 is 23.1 Å². The topological polar surface area (TPSA) is 73.2 Å². The smallest absolute Gasteiger partial charge is 0.237 e. The second-order valence-electron chi connectivity index (χ2n) is 12.6. The molecular formula is C29H44ClN3O3S2Si. The zero-order chi connectivity index (χ0) is 29.2. The molecule has 10 heteroatoms. The van der Waals surface area contributed by atoms with Crippen LogP contribution in [-0.4, -0.2) is 31.0 Å². The molecule has 0 unspecified atom stereocenters. The van der Waals surface area contributed by atoms with Crippen LogP contribution in [-0.2, 0) is 34.0 Å². The van der Waals surface area contributed by atoms with Crippen LogP contribution >= 0.6 is 22.9 Å². The molecule has 2 heterocycles. The van der Waals surface area contributed by atoms with Crippen molar-refractivity contribution in [2.75, 3.05) is 4.72 Å². The minimum Gasteiger partial charge on any atom is -0.411 e. The van der Waals surface area contributed by atoms with Crippen LogP contribution in [0.25, 0.3) is 10.4 Å². The van der Waals surface area contributed by atoms with E-state index in [1.165, 1.54) is 11.3 Å². The molecule has 0 radical (unpaired) electrons. The van der Waals surface area contributed by atoms with Crippen molar-refractivity contribution in [2.45, 2.75) is 104 Å². The molecule has 0 fully saturated rings. The number of anilines is 1. The van der Waals surface area contributed by atoms with Gasteiger partial charge < -0.3 is 8.99 Å². The first-order chi connectivity index (χ1) is 18.0. The van der Waals surface area contributed by atoms with Gasteiger partial charge in [-0.15, -0.1) is 11.3 Å². The van der Waals surface area contributed by atoms with Gasteiger partial charge in [0.1, 0.15) is 5.82 Å². The quantitative estimate of drug-likeness (QED) is 0.221. The highest BCUT2D eigenvalue weighted by atomic mass is 35.5. The molecule has 6 nitrogen and oxygen atoms in total. The Labute approximate surface area is 245 Å². The highest BCUT2D eigenvalue weighted by molar-refractivity contribution is 7.94. The summed E-state index contributed by atoms with van der Waals surface area (Å²) < 4.78 is 36.1. The molecule has 216 valence electrons. The van der Waals surface area contributed by atoms with Crippen molar-refractivity contribution in [1.82, 2.24) is 9.55 Å². The summed E-state index contributed by atoms with van der Waals surface area (Å²) in [6.45, 7) is 19.5. The van der Waals surface area contributed by atoms with E-state index in [0.717, 1.165) is 46.8 Å². The first-order valence-corrected chi connectivity index (χ1v) is 19.2. The van der Waals surface area contributed by atoms with Crippen LogP contribution < -0.4 is 4.72 Å². The number of thiophene rings is 1. The molecule has 0 aliphatic carbocycles.